The minimum Gasteiger partial charge on any atom is -0.352 e. The molecule has 2 fully saturated rings. The van der Waals surface area contributed by atoms with Crippen molar-refractivity contribution in [1.29, 1.82) is 0 Å². The molecule has 0 aromatic carbocycles. The number of hydrogen-bond acceptors (Lipinski definition) is 3. The molecule has 1 atom stereocenters. The first-order chi connectivity index (χ1) is 8.71. The lowest BCUT2D eigenvalue weighted by molar-refractivity contribution is -0.123. The Bertz CT molecular complexity index is 448. The van der Waals surface area contributed by atoms with Gasteiger partial charge < -0.3 is 10.6 Å². The zero-order valence-electron chi connectivity index (χ0n) is 10.8. The molecule has 3 rings (SSSR count). The van der Waals surface area contributed by atoms with Gasteiger partial charge in [0.1, 0.15) is 0 Å². The molecule has 1 saturated carbocycles. The number of nitrogens with one attached hydrogen (secondary N) is 3. The van der Waals surface area contributed by atoms with Crippen molar-refractivity contribution in [2.45, 2.75) is 32.7 Å². The van der Waals surface area contributed by atoms with Gasteiger partial charge in [0.2, 0.25) is 5.91 Å². The van der Waals surface area contributed by atoms with Gasteiger partial charge in [0, 0.05) is 23.7 Å². The summed E-state index contributed by atoms with van der Waals surface area (Å²) < 4.78 is 0. The number of aryl methyl sites for hydroxylation is 1. The quantitative estimate of drug-likeness (QED) is 0.738. The summed E-state index contributed by atoms with van der Waals surface area (Å²) in [6, 6.07) is 0. The summed E-state index contributed by atoms with van der Waals surface area (Å²) in [5.74, 6) is 0.462. The van der Waals surface area contributed by atoms with E-state index in [1.807, 2.05) is 6.92 Å². The molecule has 1 spiro atoms. The Labute approximate surface area is 107 Å². The molecule has 1 saturated heterocycles. The van der Waals surface area contributed by atoms with E-state index in [2.05, 4.69) is 20.8 Å². The first-order valence-electron chi connectivity index (χ1n) is 6.69. The zero-order valence-corrected chi connectivity index (χ0v) is 10.8. The van der Waals surface area contributed by atoms with Gasteiger partial charge in [0.25, 0.3) is 0 Å². The maximum Gasteiger partial charge on any atom is 0.223 e. The van der Waals surface area contributed by atoms with Gasteiger partial charge in [-0.05, 0) is 44.7 Å². The van der Waals surface area contributed by atoms with Crippen LogP contribution in [0.25, 0.3) is 0 Å². The van der Waals surface area contributed by atoms with E-state index in [4.69, 9.17) is 0 Å². The maximum atomic E-state index is 12.1. The maximum absolute atomic E-state index is 12.1. The number of H-pyrrole nitrogens is 1. The number of aromatic amines is 1. The second kappa shape index (κ2) is 4.39. The Kier molecular flexibility index (Phi) is 2.86. The van der Waals surface area contributed by atoms with Crippen molar-refractivity contribution in [3.8, 4) is 0 Å². The van der Waals surface area contributed by atoms with Crippen LogP contribution in [0.3, 0.4) is 0 Å². The number of hydrogen-bond donors (Lipinski definition) is 3. The van der Waals surface area contributed by atoms with E-state index in [-0.39, 0.29) is 11.8 Å². The Balaban J connectivity index is 1.53. The number of amides is 1. The van der Waals surface area contributed by atoms with E-state index in [0.29, 0.717) is 12.0 Å². The van der Waals surface area contributed by atoms with Crippen molar-refractivity contribution in [3.05, 3.63) is 17.5 Å². The molecule has 2 heterocycles. The molecule has 5 heteroatoms. The highest BCUT2D eigenvalue weighted by Crippen LogP contribution is 2.58. The molecule has 2 aliphatic rings. The smallest absolute Gasteiger partial charge is 0.223 e. The Morgan fingerprint density at radius 2 is 2.33 bits per heavy atom. The van der Waals surface area contributed by atoms with Gasteiger partial charge in [-0.25, -0.2) is 0 Å². The third kappa shape index (κ3) is 2.03. The summed E-state index contributed by atoms with van der Waals surface area (Å²) >= 11 is 0. The monoisotopic (exact) mass is 248 g/mol. The van der Waals surface area contributed by atoms with Crippen molar-refractivity contribution in [1.82, 2.24) is 20.8 Å². The molecular weight excluding hydrogens is 228 g/mol. The Morgan fingerprint density at radius 3 is 3.00 bits per heavy atom. The van der Waals surface area contributed by atoms with Gasteiger partial charge in [-0.15, -0.1) is 0 Å². The lowest BCUT2D eigenvalue weighted by Crippen LogP contribution is -2.33. The standard InChI is InChI=1S/C13H20N4O/c1-9-10(8-16-17-9)7-15-12(18)11-6-13(11)2-4-14-5-3-13/h8,11,14H,2-7H2,1H3,(H,15,18)(H,16,17). The number of rotatable bonds is 3. The number of carbonyl (C=O) groups excluding carboxylic acids is 1. The molecule has 1 aromatic heterocycles. The molecule has 18 heavy (non-hydrogen) atoms. The largest absolute Gasteiger partial charge is 0.352 e. The first kappa shape index (κ1) is 11.7. The summed E-state index contributed by atoms with van der Waals surface area (Å²) in [5.41, 5.74) is 2.42. The van der Waals surface area contributed by atoms with Gasteiger partial charge in [-0.2, -0.15) is 5.10 Å². The molecular formula is C13H20N4O. The highest BCUT2D eigenvalue weighted by molar-refractivity contribution is 5.82. The van der Waals surface area contributed by atoms with E-state index < -0.39 is 0 Å². The Morgan fingerprint density at radius 1 is 1.56 bits per heavy atom. The van der Waals surface area contributed by atoms with Crippen LogP contribution in [0.15, 0.2) is 6.20 Å². The van der Waals surface area contributed by atoms with Crippen LogP contribution >= 0.6 is 0 Å². The van der Waals surface area contributed by atoms with Crippen LogP contribution < -0.4 is 10.6 Å². The van der Waals surface area contributed by atoms with Crippen molar-refractivity contribution >= 4 is 5.91 Å². The van der Waals surface area contributed by atoms with Gasteiger partial charge in [0.15, 0.2) is 0 Å². The molecule has 1 aromatic rings. The van der Waals surface area contributed by atoms with Crippen LogP contribution in [-0.4, -0.2) is 29.2 Å². The topological polar surface area (TPSA) is 69.8 Å². The van der Waals surface area contributed by atoms with E-state index in [1.54, 1.807) is 6.20 Å². The molecule has 5 nitrogen and oxygen atoms in total. The van der Waals surface area contributed by atoms with Gasteiger partial charge in [-0.3, -0.25) is 9.89 Å². The number of piperidine rings is 1. The van der Waals surface area contributed by atoms with Crippen LogP contribution in [-0.2, 0) is 11.3 Å². The molecule has 0 radical (unpaired) electrons. The van der Waals surface area contributed by atoms with Crippen LogP contribution in [0.4, 0.5) is 0 Å². The first-order valence-corrected chi connectivity index (χ1v) is 6.69. The molecule has 0 bridgehead atoms. The van der Waals surface area contributed by atoms with Gasteiger partial charge in [0.05, 0.1) is 6.20 Å². The number of carbonyl (C=O) groups is 1. The molecule has 1 aliphatic heterocycles. The minimum absolute atomic E-state index is 0.220. The second-order valence-corrected chi connectivity index (χ2v) is 5.61. The van der Waals surface area contributed by atoms with Crippen molar-refractivity contribution < 1.29 is 4.79 Å². The third-order valence-corrected chi connectivity index (χ3v) is 4.49. The van der Waals surface area contributed by atoms with Crippen LogP contribution in [0.1, 0.15) is 30.5 Å². The number of aromatic nitrogens is 2. The predicted octanol–water partition coefficient (Wildman–Crippen LogP) is 0.724. The fraction of sp³-hybridized carbons (Fsp3) is 0.692. The minimum atomic E-state index is 0.220. The lowest BCUT2D eigenvalue weighted by Gasteiger charge is -2.23. The fourth-order valence-electron chi connectivity index (χ4n) is 3.06. The summed E-state index contributed by atoms with van der Waals surface area (Å²) in [6.07, 6.45) is 5.15. The molecule has 1 amide bonds. The zero-order chi connectivity index (χ0) is 12.6. The van der Waals surface area contributed by atoms with Crippen LogP contribution in [0, 0.1) is 18.3 Å². The Hall–Kier alpha value is -1.36. The summed E-state index contributed by atoms with van der Waals surface area (Å²) in [4.78, 5) is 12.1. The normalized spacial score (nSPS) is 25.1. The molecule has 3 N–H and O–H groups in total. The van der Waals surface area contributed by atoms with Crippen molar-refractivity contribution in [3.63, 3.8) is 0 Å². The van der Waals surface area contributed by atoms with Gasteiger partial charge in [-0.1, -0.05) is 0 Å². The number of nitrogens with zero attached hydrogens (tertiary/aromatic N) is 1. The fourth-order valence-corrected chi connectivity index (χ4v) is 3.06. The molecule has 1 aliphatic carbocycles. The average molecular weight is 248 g/mol. The third-order valence-electron chi connectivity index (χ3n) is 4.49. The van der Waals surface area contributed by atoms with Crippen LogP contribution in [0.2, 0.25) is 0 Å². The van der Waals surface area contributed by atoms with E-state index in [0.717, 1.165) is 43.6 Å². The predicted molar refractivity (Wildman–Crippen MR) is 67.8 cm³/mol. The molecule has 1 unspecified atom stereocenters. The van der Waals surface area contributed by atoms with E-state index in [9.17, 15) is 4.79 Å². The van der Waals surface area contributed by atoms with Crippen LogP contribution in [0.5, 0.6) is 0 Å². The highest BCUT2D eigenvalue weighted by atomic mass is 16.2. The van der Waals surface area contributed by atoms with E-state index in [1.165, 1.54) is 0 Å². The average Bonchev–Trinajstić information content (AvgIpc) is 2.90. The SMILES string of the molecule is Cc1[nH]ncc1CNC(=O)C1CC12CCNCC2. The lowest BCUT2D eigenvalue weighted by atomic mass is 9.92. The van der Waals surface area contributed by atoms with Gasteiger partial charge >= 0.3 is 0 Å². The second-order valence-electron chi connectivity index (χ2n) is 5.61. The van der Waals surface area contributed by atoms with Crippen molar-refractivity contribution in [2.24, 2.45) is 11.3 Å². The van der Waals surface area contributed by atoms with Crippen molar-refractivity contribution in [2.75, 3.05) is 13.1 Å². The highest BCUT2D eigenvalue weighted by Gasteiger charge is 2.57. The summed E-state index contributed by atoms with van der Waals surface area (Å²) in [6.45, 7) is 4.68. The molecule has 98 valence electrons. The summed E-state index contributed by atoms with van der Waals surface area (Å²) in [7, 11) is 0. The van der Waals surface area contributed by atoms with E-state index >= 15 is 0 Å². The summed E-state index contributed by atoms with van der Waals surface area (Å²) in [5, 5.41) is 13.2.